The van der Waals surface area contributed by atoms with Crippen LogP contribution in [0.4, 0.5) is 0 Å². The molecule has 1 aromatic rings. The van der Waals surface area contributed by atoms with Crippen LogP contribution in [-0.4, -0.2) is 26.4 Å². The number of rotatable bonds is 5. The van der Waals surface area contributed by atoms with E-state index in [0.29, 0.717) is 0 Å². The lowest BCUT2D eigenvalue weighted by molar-refractivity contribution is -0.123. The molecule has 116 valence electrons. The van der Waals surface area contributed by atoms with Crippen LogP contribution in [0.3, 0.4) is 0 Å². The van der Waals surface area contributed by atoms with Gasteiger partial charge in [0.05, 0.1) is 10.9 Å². The standard InChI is InChI=1S/C15H22N2O3S/c1-11-6-5-9-14(10-11)21(19,20)17-12(2)15(18)16-13-7-3-4-8-13/h5-6,9-10,12-13,17H,3-4,7-8H2,1-2H3,(H,16,18)/t12-/m1/s1. The molecule has 0 bridgehead atoms. The van der Waals surface area contributed by atoms with Gasteiger partial charge in [0.25, 0.3) is 0 Å². The smallest absolute Gasteiger partial charge is 0.241 e. The number of hydrogen-bond acceptors (Lipinski definition) is 3. The Morgan fingerprint density at radius 3 is 2.57 bits per heavy atom. The molecule has 1 aliphatic rings. The number of aryl methyl sites for hydroxylation is 1. The largest absolute Gasteiger partial charge is 0.352 e. The third-order valence-electron chi connectivity index (χ3n) is 3.73. The maximum Gasteiger partial charge on any atom is 0.241 e. The molecule has 0 spiro atoms. The van der Waals surface area contributed by atoms with Crippen molar-refractivity contribution in [3.8, 4) is 0 Å². The van der Waals surface area contributed by atoms with Crippen molar-refractivity contribution in [2.24, 2.45) is 0 Å². The van der Waals surface area contributed by atoms with Crippen LogP contribution in [0.1, 0.15) is 38.2 Å². The summed E-state index contributed by atoms with van der Waals surface area (Å²) >= 11 is 0. The molecule has 0 saturated heterocycles. The Balaban J connectivity index is 2.00. The van der Waals surface area contributed by atoms with Crippen LogP contribution in [0.2, 0.25) is 0 Å². The molecule has 21 heavy (non-hydrogen) atoms. The number of carbonyl (C=O) groups excluding carboxylic acids is 1. The van der Waals surface area contributed by atoms with Gasteiger partial charge in [0.1, 0.15) is 0 Å². The monoisotopic (exact) mass is 310 g/mol. The van der Waals surface area contributed by atoms with E-state index in [1.54, 1.807) is 19.1 Å². The van der Waals surface area contributed by atoms with E-state index < -0.39 is 16.1 Å². The zero-order valence-corrected chi connectivity index (χ0v) is 13.2. The summed E-state index contributed by atoms with van der Waals surface area (Å²) < 4.78 is 26.9. The van der Waals surface area contributed by atoms with E-state index in [2.05, 4.69) is 10.0 Å². The summed E-state index contributed by atoms with van der Waals surface area (Å²) in [4.78, 5) is 12.2. The first-order chi connectivity index (χ1) is 9.88. The van der Waals surface area contributed by atoms with E-state index in [1.807, 2.05) is 13.0 Å². The van der Waals surface area contributed by atoms with E-state index in [4.69, 9.17) is 0 Å². The molecule has 1 amide bonds. The van der Waals surface area contributed by atoms with Crippen LogP contribution in [0.5, 0.6) is 0 Å². The van der Waals surface area contributed by atoms with Gasteiger partial charge < -0.3 is 5.32 Å². The molecular formula is C15H22N2O3S. The van der Waals surface area contributed by atoms with E-state index in [9.17, 15) is 13.2 Å². The molecule has 1 aromatic carbocycles. The van der Waals surface area contributed by atoms with Crippen LogP contribution in [0, 0.1) is 6.92 Å². The van der Waals surface area contributed by atoms with Gasteiger partial charge in [-0.2, -0.15) is 4.72 Å². The van der Waals surface area contributed by atoms with Crippen molar-refractivity contribution in [3.63, 3.8) is 0 Å². The molecule has 2 rings (SSSR count). The summed E-state index contributed by atoms with van der Waals surface area (Å²) in [6, 6.07) is 6.03. The van der Waals surface area contributed by atoms with E-state index >= 15 is 0 Å². The molecule has 1 aliphatic carbocycles. The topological polar surface area (TPSA) is 75.3 Å². The van der Waals surface area contributed by atoms with E-state index in [-0.39, 0.29) is 16.8 Å². The second-order valence-corrected chi connectivity index (χ2v) is 7.36. The second-order valence-electron chi connectivity index (χ2n) is 5.65. The highest BCUT2D eigenvalue weighted by atomic mass is 32.2. The van der Waals surface area contributed by atoms with Gasteiger partial charge in [-0.15, -0.1) is 0 Å². The molecule has 0 unspecified atom stereocenters. The van der Waals surface area contributed by atoms with Crippen LogP contribution in [-0.2, 0) is 14.8 Å². The van der Waals surface area contributed by atoms with Gasteiger partial charge in [0.15, 0.2) is 0 Å². The molecule has 1 atom stereocenters. The van der Waals surface area contributed by atoms with Gasteiger partial charge in [0.2, 0.25) is 15.9 Å². The maximum absolute atomic E-state index is 12.2. The molecule has 0 aromatic heterocycles. The summed E-state index contributed by atoms with van der Waals surface area (Å²) in [7, 11) is -3.67. The maximum atomic E-state index is 12.2. The van der Waals surface area contributed by atoms with Gasteiger partial charge in [-0.25, -0.2) is 8.42 Å². The molecular weight excluding hydrogens is 288 g/mol. The van der Waals surface area contributed by atoms with Crippen molar-refractivity contribution in [2.45, 2.75) is 56.5 Å². The predicted molar refractivity (Wildman–Crippen MR) is 81.4 cm³/mol. The first-order valence-corrected chi connectivity index (χ1v) is 8.76. The van der Waals surface area contributed by atoms with Gasteiger partial charge >= 0.3 is 0 Å². The Kier molecular flexibility index (Phi) is 5.00. The van der Waals surface area contributed by atoms with E-state index in [0.717, 1.165) is 31.2 Å². The highest BCUT2D eigenvalue weighted by Crippen LogP contribution is 2.18. The minimum absolute atomic E-state index is 0.183. The zero-order valence-electron chi connectivity index (χ0n) is 12.4. The predicted octanol–water partition coefficient (Wildman–Crippen LogP) is 1.72. The van der Waals surface area contributed by atoms with Crippen molar-refractivity contribution in [1.29, 1.82) is 0 Å². The summed E-state index contributed by atoms with van der Waals surface area (Å²) in [5, 5.41) is 2.90. The van der Waals surface area contributed by atoms with Crippen molar-refractivity contribution in [2.75, 3.05) is 0 Å². The number of carbonyl (C=O) groups is 1. The second kappa shape index (κ2) is 6.58. The number of nitrogens with one attached hydrogen (secondary N) is 2. The average Bonchev–Trinajstić information content (AvgIpc) is 2.91. The lowest BCUT2D eigenvalue weighted by atomic mass is 10.2. The average molecular weight is 310 g/mol. The minimum atomic E-state index is -3.67. The lowest BCUT2D eigenvalue weighted by Crippen LogP contribution is -2.47. The molecule has 1 saturated carbocycles. The first kappa shape index (κ1) is 16.0. The van der Waals surface area contributed by atoms with E-state index in [1.165, 1.54) is 6.07 Å². The van der Waals surface area contributed by atoms with Crippen LogP contribution in [0.25, 0.3) is 0 Å². The lowest BCUT2D eigenvalue weighted by Gasteiger charge is -2.18. The Hall–Kier alpha value is -1.40. The number of benzene rings is 1. The third kappa shape index (κ3) is 4.28. The molecule has 0 heterocycles. The van der Waals surface area contributed by atoms with Gasteiger partial charge in [-0.05, 0) is 44.4 Å². The van der Waals surface area contributed by atoms with Crippen molar-refractivity contribution < 1.29 is 13.2 Å². The number of hydrogen-bond donors (Lipinski definition) is 2. The Morgan fingerprint density at radius 2 is 1.95 bits per heavy atom. The fourth-order valence-corrected chi connectivity index (χ4v) is 3.84. The van der Waals surface area contributed by atoms with Crippen LogP contribution in [0.15, 0.2) is 29.2 Å². The van der Waals surface area contributed by atoms with Gasteiger partial charge in [0, 0.05) is 6.04 Å². The number of amides is 1. The molecule has 5 nitrogen and oxygen atoms in total. The van der Waals surface area contributed by atoms with Gasteiger partial charge in [-0.1, -0.05) is 25.0 Å². The summed E-state index contributed by atoms with van der Waals surface area (Å²) in [6.07, 6.45) is 4.19. The normalized spacial score (nSPS) is 17.6. The van der Waals surface area contributed by atoms with Crippen LogP contribution < -0.4 is 10.0 Å². The minimum Gasteiger partial charge on any atom is -0.352 e. The van der Waals surface area contributed by atoms with Crippen molar-refractivity contribution in [1.82, 2.24) is 10.0 Å². The Labute approximate surface area is 126 Å². The highest BCUT2D eigenvalue weighted by Gasteiger charge is 2.24. The fourth-order valence-electron chi connectivity index (χ4n) is 2.53. The third-order valence-corrected chi connectivity index (χ3v) is 5.26. The van der Waals surface area contributed by atoms with Crippen molar-refractivity contribution >= 4 is 15.9 Å². The molecule has 6 heteroatoms. The van der Waals surface area contributed by atoms with Crippen molar-refractivity contribution in [3.05, 3.63) is 29.8 Å². The Bertz CT molecular complexity index is 607. The molecule has 2 N–H and O–H groups in total. The van der Waals surface area contributed by atoms with Crippen LogP contribution >= 0.6 is 0 Å². The quantitative estimate of drug-likeness (QED) is 0.869. The SMILES string of the molecule is Cc1cccc(S(=O)(=O)N[C@H](C)C(=O)NC2CCCC2)c1. The Morgan fingerprint density at radius 1 is 1.29 bits per heavy atom. The first-order valence-electron chi connectivity index (χ1n) is 7.28. The highest BCUT2D eigenvalue weighted by molar-refractivity contribution is 7.89. The molecule has 0 radical (unpaired) electrons. The fraction of sp³-hybridized carbons (Fsp3) is 0.533. The molecule has 1 fully saturated rings. The molecule has 0 aliphatic heterocycles. The zero-order chi connectivity index (χ0) is 15.5. The number of sulfonamides is 1. The summed E-state index contributed by atoms with van der Waals surface area (Å²) in [5.41, 5.74) is 0.862. The summed E-state index contributed by atoms with van der Waals surface area (Å²) in [6.45, 7) is 3.40. The van der Waals surface area contributed by atoms with Gasteiger partial charge in [-0.3, -0.25) is 4.79 Å². The summed E-state index contributed by atoms with van der Waals surface area (Å²) in [5.74, 6) is -0.266.